The molecule has 0 radical (unpaired) electrons. The monoisotopic (exact) mass is 239 g/mol. The van der Waals surface area contributed by atoms with Crippen LogP contribution in [0.15, 0.2) is 12.2 Å². The smallest absolute Gasteiger partial charge is 0.328 e. The Morgan fingerprint density at radius 2 is 1.94 bits per heavy atom. The van der Waals surface area contributed by atoms with Crippen molar-refractivity contribution < 1.29 is 14.7 Å². The number of carbonyl (C=O) groups is 2. The fourth-order valence-corrected chi connectivity index (χ4v) is 2.85. The van der Waals surface area contributed by atoms with E-state index in [2.05, 4.69) is 26.1 Å². The number of carboxylic acid groups (broad SMARTS) is 1. The SMILES string of the molecule is CC1CC(NC(=O)C=CC(=O)O)CC(C)(C)C1. The molecular formula is C13H21NO3. The molecule has 4 nitrogen and oxygen atoms in total. The number of carboxylic acids is 1. The highest BCUT2D eigenvalue weighted by Crippen LogP contribution is 2.38. The molecule has 96 valence electrons. The lowest BCUT2D eigenvalue weighted by Gasteiger charge is -2.39. The van der Waals surface area contributed by atoms with Crippen LogP contribution >= 0.6 is 0 Å². The molecule has 0 aromatic carbocycles. The molecule has 1 saturated carbocycles. The lowest BCUT2D eigenvalue weighted by molar-refractivity contribution is -0.131. The maximum atomic E-state index is 11.5. The van der Waals surface area contributed by atoms with E-state index in [-0.39, 0.29) is 17.4 Å². The first-order chi connectivity index (χ1) is 7.78. The van der Waals surface area contributed by atoms with E-state index < -0.39 is 5.97 Å². The van der Waals surface area contributed by atoms with Gasteiger partial charge in [0.05, 0.1) is 0 Å². The molecule has 2 N–H and O–H groups in total. The van der Waals surface area contributed by atoms with Crippen molar-refractivity contribution in [2.75, 3.05) is 0 Å². The predicted molar refractivity (Wildman–Crippen MR) is 65.5 cm³/mol. The maximum Gasteiger partial charge on any atom is 0.328 e. The van der Waals surface area contributed by atoms with Gasteiger partial charge in [0, 0.05) is 18.2 Å². The van der Waals surface area contributed by atoms with Crippen LogP contribution in [0.25, 0.3) is 0 Å². The van der Waals surface area contributed by atoms with Crippen molar-refractivity contribution in [3.8, 4) is 0 Å². The Kier molecular flexibility index (Phi) is 4.32. The molecule has 1 rings (SSSR count). The number of nitrogens with one attached hydrogen (secondary N) is 1. The molecule has 2 unspecified atom stereocenters. The highest BCUT2D eigenvalue weighted by molar-refractivity contribution is 5.93. The quantitative estimate of drug-likeness (QED) is 0.740. The van der Waals surface area contributed by atoms with Gasteiger partial charge >= 0.3 is 5.97 Å². The van der Waals surface area contributed by atoms with Crippen molar-refractivity contribution in [1.82, 2.24) is 5.32 Å². The molecular weight excluding hydrogens is 218 g/mol. The summed E-state index contributed by atoms with van der Waals surface area (Å²) in [6.07, 6.45) is 5.03. The normalized spacial score (nSPS) is 27.9. The first-order valence-electron chi connectivity index (χ1n) is 6.00. The fraction of sp³-hybridized carbons (Fsp3) is 0.692. The van der Waals surface area contributed by atoms with Gasteiger partial charge in [-0.2, -0.15) is 0 Å². The summed E-state index contributed by atoms with van der Waals surface area (Å²) in [5, 5.41) is 11.3. The molecule has 1 amide bonds. The van der Waals surface area contributed by atoms with Gasteiger partial charge < -0.3 is 10.4 Å². The van der Waals surface area contributed by atoms with Crippen molar-refractivity contribution in [3.63, 3.8) is 0 Å². The molecule has 0 aromatic rings. The van der Waals surface area contributed by atoms with Gasteiger partial charge in [-0.3, -0.25) is 4.79 Å². The maximum absolute atomic E-state index is 11.5. The number of carbonyl (C=O) groups excluding carboxylic acids is 1. The summed E-state index contributed by atoms with van der Waals surface area (Å²) in [5.74, 6) is -0.827. The summed E-state index contributed by atoms with van der Waals surface area (Å²) in [6.45, 7) is 6.59. The van der Waals surface area contributed by atoms with E-state index in [9.17, 15) is 9.59 Å². The zero-order chi connectivity index (χ0) is 13.1. The molecule has 4 heteroatoms. The number of hydrogen-bond acceptors (Lipinski definition) is 2. The summed E-state index contributed by atoms with van der Waals surface area (Å²) in [4.78, 5) is 21.8. The van der Waals surface area contributed by atoms with Crippen molar-refractivity contribution >= 4 is 11.9 Å². The van der Waals surface area contributed by atoms with Crippen LogP contribution in [-0.2, 0) is 9.59 Å². The van der Waals surface area contributed by atoms with Crippen LogP contribution in [0, 0.1) is 11.3 Å². The van der Waals surface area contributed by atoms with Crippen LogP contribution in [0.2, 0.25) is 0 Å². The number of aliphatic carboxylic acids is 1. The van der Waals surface area contributed by atoms with E-state index in [0.29, 0.717) is 5.92 Å². The van der Waals surface area contributed by atoms with Crippen LogP contribution in [-0.4, -0.2) is 23.0 Å². The van der Waals surface area contributed by atoms with Gasteiger partial charge in [-0.15, -0.1) is 0 Å². The van der Waals surface area contributed by atoms with Crippen molar-refractivity contribution in [2.24, 2.45) is 11.3 Å². The van der Waals surface area contributed by atoms with E-state index in [1.54, 1.807) is 0 Å². The van der Waals surface area contributed by atoms with Gasteiger partial charge in [0.15, 0.2) is 0 Å². The zero-order valence-electron chi connectivity index (χ0n) is 10.7. The largest absolute Gasteiger partial charge is 0.478 e. The van der Waals surface area contributed by atoms with Gasteiger partial charge in [0.1, 0.15) is 0 Å². The lowest BCUT2D eigenvalue weighted by Crippen LogP contribution is -2.42. The number of amides is 1. The third-order valence-corrected chi connectivity index (χ3v) is 3.11. The second kappa shape index (κ2) is 5.34. The second-order valence-electron chi connectivity index (χ2n) is 5.79. The van der Waals surface area contributed by atoms with Crippen LogP contribution < -0.4 is 5.32 Å². The van der Waals surface area contributed by atoms with Gasteiger partial charge in [-0.25, -0.2) is 4.79 Å². The first kappa shape index (κ1) is 13.7. The molecule has 2 atom stereocenters. The van der Waals surface area contributed by atoms with Gasteiger partial charge in [-0.1, -0.05) is 20.8 Å². The first-order valence-corrected chi connectivity index (χ1v) is 6.00. The molecule has 1 fully saturated rings. The van der Waals surface area contributed by atoms with Gasteiger partial charge in [0.2, 0.25) is 5.91 Å². The van der Waals surface area contributed by atoms with E-state index >= 15 is 0 Å². The van der Waals surface area contributed by atoms with Gasteiger partial charge in [-0.05, 0) is 30.6 Å². The summed E-state index contributed by atoms with van der Waals surface area (Å²) in [6, 6.07) is 0.152. The topological polar surface area (TPSA) is 66.4 Å². The molecule has 0 heterocycles. The average Bonchev–Trinajstić information content (AvgIpc) is 2.11. The minimum atomic E-state index is -1.10. The van der Waals surface area contributed by atoms with Crippen molar-refractivity contribution in [2.45, 2.75) is 46.1 Å². The molecule has 0 aliphatic heterocycles. The Morgan fingerprint density at radius 1 is 1.29 bits per heavy atom. The Labute approximate surface area is 102 Å². The minimum absolute atomic E-state index is 0.152. The summed E-state index contributed by atoms with van der Waals surface area (Å²) in [7, 11) is 0. The minimum Gasteiger partial charge on any atom is -0.478 e. The number of rotatable bonds is 3. The summed E-state index contributed by atoms with van der Waals surface area (Å²) < 4.78 is 0. The van der Waals surface area contributed by atoms with Gasteiger partial charge in [0.25, 0.3) is 0 Å². The highest BCUT2D eigenvalue weighted by Gasteiger charge is 2.32. The average molecular weight is 239 g/mol. The fourth-order valence-electron chi connectivity index (χ4n) is 2.85. The third-order valence-electron chi connectivity index (χ3n) is 3.11. The second-order valence-corrected chi connectivity index (χ2v) is 5.79. The van der Waals surface area contributed by atoms with Crippen molar-refractivity contribution in [1.29, 1.82) is 0 Å². The van der Waals surface area contributed by atoms with Crippen LogP contribution in [0.1, 0.15) is 40.0 Å². The number of hydrogen-bond donors (Lipinski definition) is 2. The van der Waals surface area contributed by atoms with E-state index in [4.69, 9.17) is 5.11 Å². The van der Waals surface area contributed by atoms with Crippen LogP contribution in [0.4, 0.5) is 0 Å². The Balaban J connectivity index is 2.51. The van der Waals surface area contributed by atoms with E-state index in [0.717, 1.165) is 25.0 Å². The Bertz CT molecular complexity index is 334. The molecule has 0 spiro atoms. The Hall–Kier alpha value is -1.32. The highest BCUT2D eigenvalue weighted by atomic mass is 16.4. The lowest BCUT2D eigenvalue weighted by atomic mass is 9.70. The standard InChI is InChI=1S/C13H21NO3/c1-9-6-10(8-13(2,3)7-9)14-11(15)4-5-12(16)17/h4-5,9-10H,6-8H2,1-3H3,(H,14,15)(H,16,17). The molecule has 0 aromatic heterocycles. The zero-order valence-corrected chi connectivity index (χ0v) is 10.7. The van der Waals surface area contributed by atoms with Crippen LogP contribution in [0.5, 0.6) is 0 Å². The summed E-state index contributed by atoms with van der Waals surface area (Å²) >= 11 is 0. The molecule has 0 saturated heterocycles. The van der Waals surface area contributed by atoms with Crippen LogP contribution in [0.3, 0.4) is 0 Å². The summed E-state index contributed by atoms with van der Waals surface area (Å²) in [5.41, 5.74) is 0.242. The Morgan fingerprint density at radius 3 is 2.47 bits per heavy atom. The predicted octanol–water partition coefficient (Wildman–Crippen LogP) is 1.96. The molecule has 1 aliphatic carbocycles. The molecule has 0 bridgehead atoms. The third kappa shape index (κ3) is 5.02. The van der Waals surface area contributed by atoms with Crippen molar-refractivity contribution in [3.05, 3.63) is 12.2 Å². The van der Waals surface area contributed by atoms with E-state index in [1.807, 2.05) is 0 Å². The molecule has 17 heavy (non-hydrogen) atoms. The molecule has 1 aliphatic rings. The van der Waals surface area contributed by atoms with E-state index in [1.165, 1.54) is 6.42 Å².